The van der Waals surface area contributed by atoms with Crippen LogP contribution in [0.15, 0.2) is 60.7 Å². The molecule has 0 spiro atoms. The Morgan fingerprint density at radius 2 is 1.08 bits per heavy atom. The van der Waals surface area contributed by atoms with Crippen LogP contribution in [0.1, 0.15) is 49.9 Å². The Bertz CT molecular complexity index is 737. The van der Waals surface area contributed by atoms with Gasteiger partial charge < -0.3 is 0 Å². The number of rotatable bonds is 4. The number of benzene rings is 2. The summed E-state index contributed by atoms with van der Waals surface area (Å²) in [6, 6.07) is 17.2. The van der Waals surface area contributed by atoms with Crippen LogP contribution >= 0.6 is 0 Å². The van der Waals surface area contributed by atoms with Gasteiger partial charge in [-0.1, -0.05) is 74.5 Å². The molecule has 1 aliphatic heterocycles. The van der Waals surface area contributed by atoms with Crippen molar-refractivity contribution in [3.05, 3.63) is 71.8 Å². The van der Waals surface area contributed by atoms with Gasteiger partial charge in [-0.05, 0) is 11.1 Å². The van der Waals surface area contributed by atoms with Crippen molar-refractivity contribution in [2.45, 2.75) is 38.8 Å². The number of hydrogen-bond acceptors (Lipinski definition) is 3. The molecule has 0 radical (unpaired) electrons. The predicted molar refractivity (Wildman–Crippen MR) is 98.0 cm³/mol. The minimum atomic E-state index is -0.536. The van der Waals surface area contributed by atoms with E-state index in [9.17, 15) is 14.4 Å². The summed E-state index contributed by atoms with van der Waals surface area (Å²) in [4.78, 5) is 40.8. The van der Waals surface area contributed by atoms with E-state index in [2.05, 4.69) is 0 Å². The number of carbonyl (C=O) groups is 3. The van der Waals surface area contributed by atoms with Crippen LogP contribution in [0.2, 0.25) is 0 Å². The minimum Gasteiger partial charge on any atom is -0.274 e. The van der Waals surface area contributed by atoms with Crippen molar-refractivity contribution in [3.8, 4) is 0 Å². The average molecular weight is 350 g/mol. The Kier molecular flexibility index (Phi) is 5.16. The Morgan fingerprint density at radius 1 is 0.731 bits per heavy atom. The zero-order valence-electron chi connectivity index (χ0n) is 15.0. The lowest BCUT2D eigenvalue weighted by molar-refractivity contribution is -0.129. The first kappa shape index (κ1) is 17.9. The van der Waals surface area contributed by atoms with Crippen LogP contribution in [-0.4, -0.2) is 27.6 Å². The largest absolute Gasteiger partial charge is 0.334 e. The standard InChI is InChI=1S/C21H22N2O3/c1-3-17(24)22-19(15-11-7-5-8-12-15)20(16-13-9-6-10-14-16)23(21(22)26)18(25)4-2/h5-14,19-20H,3-4H2,1-2H3/t19-,20-/m1/s1. The van der Waals surface area contributed by atoms with Gasteiger partial charge >= 0.3 is 6.03 Å². The smallest absolute Gasteiger partial charge is 0.274 e. The summed E-state index contributed by atoms with van der Waals surface area (Å²) in [5.41, 5.74) is 1.67. The van der Waals surface area contributed by atoms with E-state index in [-0.39, 0.29) is 24.7 Å². The molecule has 0 N–H and O–H groups in total. The van der Waals surface area contributed by atoms with Gasteiger partial charge in [-0.3, -0.25) is 19.4 Å². The van der Waals surface area contributed by atoms with Gasteiger partial charge in [0.25, 0.3) is 0 Å². The van der Waals surface area contributed by atoms with Crippen LogP contribution in [0.5, 0.6) is 0 Å². The highest BCUT2D eigenvalue weighted by molar-refractivity contribution is 6.04. The molecular formula is C21H22N2O3. The Balaban J connectivity index is 2.20. The Morgan fingerprint density at radius 3 is 1.38 bits per heavy atom. The molecule has 0 aliphatic carbocycles. The van der Waals surface area contributed by atoms with E-state index >= 15 is 0 Å². The molecule has 1 heterocycles. The summed E-state index contributed by atoms with van der Waals surface area (Å²) in [7, 11) is 0. The second-order valence-electron chi connectivity index (χ2n) is 6.23. The zero-order valence-corrected chi connectivity index (χ0v) is 15.0. The molecule has 2 aromatic rings. The predicted octanol–water partition coefficient (Wildman–Crippen LogP) is 4.08. The van der Waals surface area contributed by atoms with E-state index in [1.54, 1.807) is 13.8 Å². The molecule has 2 aromatic carbocycles. The average Bonchev–Trinajstić information content (AvgIpc) is 3.01. The monoisotopic (exact) mass is 350 g/mol. The zero-order chi connectivity index (χ0) is 18.7. The number of urea groups is 1. The lowest BCUT2D eigenvalue weighted by Gasteiger charge is -2.27. The molecule has 1 fully saturated rings. The molecule has 0 unspecified atom stereocenters. The quantitative estimate of drug-likeness (QED) is 0.835. The molecule has 4 amide bonds. The minimum absolute atomic E-state index is 0.199. The third kappa shape index (κ3) is 3.01. The SMILES string of the molecule is CCC(=O)N1C(=O)N(C(=O)CC)[C@H](c2ccccc2)[C@H]1c1ccccc1. The van der Waals surface area contributed by atoms with Crippen LogP contribution in [-0.2, 0) is 9.59 Å². The van der Waals surface area contributed by atoms with Gasteiger partial charge in [0, 0.05) is 12.8 Å². The highest BCUT2D eigenvalue weighted by Crippen LogP contribution is 2.45. The van der Waals surface area contributed by atoms with Crippen molar-refractivity contribution in [2.24, 2.45) is 0 Å². The van der Waals surface area contributed by atoms with Gasteiger partial charge in [-0.25, -0.2) is 4.79 Å². The second kappa shape index (κ2) is 7.52. The van der Waals surface area contributed by atoms with E-state index < -0.39 is 18.1 Å². The first-order chi connectivity index (χ1) is 12.6. The fourth-order valence-corrected chi connectivity index (χ4v) is 3.46. The normalized spacial score (nSPS) is 19.7. The third-order valence-electron chi connectivity index (χ3n) is 4.69. The lowest BCUT2D eigenvalue weighted by atomic mass is 9.93. The van der Waals surface area contributed by atoms with Gasteiger partial charge in [0.1, 0.15) is 0 Å². The molecule has 26 heavy (non-hydrogen) atoms. The summed E-state index contributed by atoms with van der Waals surface area (Å²) in [6.07, 6.45) is 0.398. The molecule has 134 valence electrons. The van der Waals surface area contributed by atoms with Gasteiger partial charge in [-0.15, -0.1) is 0 Å². The Labute approximate surface area is 153 Å². The van der Waals surface area contributed by atoms with Crippen LogP contribution < -0.4 is 0 Å². The number of imide groups is 2. The number of nitrogens with zero attached hydrogens (tertiary/aromatic N) is 2. The fourth-order valence-electron chi connectivity index (χ4n) is 3.46. The van der Waals surface area contributed by atoms with Crippen molar-refractivity contribution in [3.63, 3.8) is 0 Å². The summed E-state index contributed by atoms with van der Waals surface area (Å²) < 4.78 is 0. The topological polar surface area (TPSA) is 57.7 Å². The molecule has 3 rings (SSSR count). The van der Waals surface area contributed by atoms with E-state index in [0.29, 0.717) is 0 Å². The molecule has 1 saturated heterocycles. The molecule has 0 bridgehead atoms. The first-order valence-electron chi connectivity index (χ1n) is 8.88. The highest BCUT2D eigenvalue weighted by atomic mass is 16.2. The summed E-state index contributed by atoms with van der Waals surface area (Å²) in [5.74, 6) is -0.563. The van der Waals surface area contributed by atoms with Crippen molar-refractivity contribution in [1.82, 2.24) is 9.80 Å². The van der Waals surface area contributed by atoms with Crippen molar-refractivity contribution in [2.75, 3.05) is 0 Å². The molecular weight excluding hydrogens is 328 g/mol. The number of hydrogen-bond donors (Lipinski definition) is 0. The van der Waals surface area contributed by atoms with Gasteiger partial charge in [0.2, 0.25) is 11.8 Å². The Hall–Kier alpha value is -2.95. The fraction of sp³-hybridized carbons (Fsp3) is 0.286. The third-order valence-corrected chi connectivity index (χ3v) is 4.69. The maximum absolute atomic E-state index is 13.1. The summed E-state index contributed by atoms with van der Waals surface area (Å²) in [5, 5.41) is 0. The van der Waals surface area contributed by atoms with E-state index in [4.69, 9.17) is 0 Å². The van der Waals surface area contributed by atoms with Crippen LogP contribution in [0.25, 0.3) is 0 Å². The first-order valence-corrected chi connectivity index (χ1v) is 8.88. The van der Waals surface area contributed by atoms with E-state index in [1.807, 2.05) is 60.7 Å². The van der Waals surface area contributed by atoms with Crippen molar-refractivity contribution >= 4 is 17.8 Å². The van der Waals surface area contributed by atoms with Crippen LogP contribution in [0.4, 0.5) is 4.79 Å². The number of carbonyl (C=O) groups excluding carboxylic acids is 3. The second-order valence-corrected chi connectivity index (χ2v) is 6.23. The highest BCUT2D eigenvalue weighted by Gasteiger charge is 2.51. The van der Waals surface area contributed by atoms with Gasteiger partial charge in [-0.2, -0.15) is 0 Å². The molecule has 0 aromatic heterocycles. The van der Waals surface area contributed by atoms with E-state index in [1.165, 1.54) is 9.80 Å². The van der Waals surface area contributed by atoms with Crippen LogP contribution in [0.3, 0.4) is 0 Å². The maximum Gasteiger partial charge on any atom is 0.334 e. The lowest BCUT2D eigenvalue weighted by Crippen LogP contribution is -2.39. The molecule has 1 aliphatic rings. The van der Waals surface area contributed by atoms with Crippen molar-refractivity contribution in [1.29, 1.82) is 0 Å². The maximum atomic E-state index is 13.1. The summed E-state index contributed by atoms with van der Waals surface area (Å²) in [6.45, 7) is 3.44. The molecule has 2 atom stereocenters. The summed E-state index contributed by atoms with van der Waals surface area (Å²) >= 11 is 0. The molecule has 5 heteroatoms. The molecule has 0 saturated carbocycles. The van der Waals surface area contributed by atoms with Gasteiger partial charge in [0.15, 0.2) is 0 Å². The van der Waals surface area contributed by atoms with E-state index in [0.717, 1.165) is 11.1 Å². The number of amides is 4. The van der Waals surface area contributed by atoms with Gasteiger partial charge in [0.05, 0.1) is 12.1 Å². The van der Waals surface area contributed by atoms with Crippen LogP contribution in [0, 0.1) is 0 Å². The van der Waals surface area contributed by atoms with Crippen molar-refractivity contribution < 1.29 is 14.4 Å². The molecule has 5 nitrogen and oxygen atoms in total.